The summed E-state index contributed by atoms with van der Waals surface area (Å²) in [6, 6.07) is 30.2. The smallest absolute Gasteiger partial charge is 0.0653 e. The lowest BCUT2D eigenvalue weighted by atomic mass is 9.97. The van der Waals surface area contributed by atoms with Gasteiger partial charge in [0.1, 0.15) is 0 Å². The third-order valence-corrected chi connectivity index (χ3v) is 4.01. The Bertz CT molecular complexity index is 853. The van der Waals surface area contributed by atoms with Gasteiger partial charge in [-0.15, -0.1) is 0 Å². The standard InChI is InChI=1S/C23H17Cl/c24-23(21-14-8-3-9-15-21)18-22(20-12-6-2-7-13-20)17-16-19-10-4-1-5-11-19/h1-15,18,22H/b23-18+. The number of hydrogen-bond acceptors (Lipinski definition) is 0. The average molecular weight is 329 g/mol. The maximum absolute atomic E-state index is 6.53. The summed E-state index contributed by atoms with van der Waals surface area (Å²) >= 11 is 6.53. The zero-order valence-electron chi connectivity index (χ0n) is 13.2. The lowest BCUT2D eigenvalue weighted by Gasteiger charge is -2.08. The van der Waals surface area contributed by atoms with Crippen LogP contribution in [0.1, 0.15) is 22.6 Å². The lowest BCUT2D eigenvalue weighted by Crippen LogP contribution is -1.93. The topological polar surface area (TPSA) is 0 Å². The number of halogens is 1. The van der Waals surface area contributed by atoms with Gasteiger partial charge in [-0.05, 0) is 29.3 Å². The summed E-state index contributed by atoms with van der Waals surface area (Å²) in [6.07, 6.45) is 2.02. The Morgan fingerprint density at radius 1 is 0.750 bits per heavy atom. The molecule has 0 bridgehead atoms. The molecule has 1 atom stereocenters. The van der Waals surface area contributed by atoms with Crippen LogP contribution in [0.3, 0.4) is 0 Å². The Hall–Kier alpha value is -2.75. The van der Waals surface area contributed by atoms with Gasteiger partial charge in [-0.3, -0.25) is 0 Å². The summed E-state index contributed by atoms with van der Waals surface area (Å²) in [7, 11) is 0. The van der Waals surface area contributed by atoms with Crippen molar-refractivity contribution in [2.45, 2.75) is 5.92 Å². The third kappa shape index (κ3) is 4.38. The number of benzene rings is 3. The Morgan fingerprint density at radius 3 is 1.92 bits per heavy atom. The van der Waals surface area contributed by atoms with Crippen LogP contribution < -0.4 is 0 Å². The zero-order chi connectivity index (χ0) is 16.6. The van der Waals surface area contributed by atoms with Crippen LogP contribution in [0.2, 0.25) is 0 Å². The van der Waals surface area contributed by atoms with E-state index in [2.05, 4.69) is 24.0 Å². The van der Waals surface area contributed by atoms with Crippen LogP contribution in [0.15, 0.2) is 97.1 Å². The van der Waals surface area contributed by atoms with Gasteiger partial charge in [-0.2, -0.15) is 0 Å². The predicted octanol–water partition coefficient (Wildman–Crippen LogP) is 6.10. The molecule has 0 N–H and O–H groups in total. The SMILES string of the molecule is Cl/C(=C/C(C#Cc1ccccc1)c1ccccc1)c1ccccc1. The maximum atomic E-state index is 6.53. The monoisotopic (exact) mass is 328 g/mol. The molecular formula is C23H17Cl. The highest BCUT2D eigenvalue weighted by molar-refractivity contribution is 6.48. The van der Waals surface area contributed by atoms with Crippen molar-refractivity contribution in [1.82, 2.24) is 0 Å². The van der Waals surface area contributed by atoms with Gasteiger partial charge in [-0.25, -0.2) is 0 Å². The Labute approximate surface area is 148 Å². The van der Waals surface area contributed by atoms with E-state index in [1.54, 1.807) is 0 Å². The van der Waals surface area contributed by atoms with E-state index in [1.807, 2.05) is 84.9 Å². The molecule has 116 valence electrons. The van der Waals surface area contributed by atoms with Crippen LogP contribution in [-0.4, -0.2) is 0 Å². The highest BCUT2D eigenvalue weighted by Crippen LogP contribution is 2.25. The minimum absolute atomic E-state index is 0.0564. The zero-order valence-corrected chi connectivity index (χ0v) is 13.9. The van der Waals surface area contributed by atoms with E-state index < -0.39 is 0 Å². The van der Waals surface area contributed by atoms with E-state index in [9.17, 15) is 0 Å². The van der Waals surface area contributed by atoms with Crippen molar-refractivity contribution >= 4 is 16.6 Å². The fraction of sp³-hybridized carbons (Fsp3) is 0.0435. The lowest BCUT2D eigenvalue weighted by molar-refractivity contribution is 1.13. The van der Waals surface area contributed by atoms with Gasteiger partial charge in [0.2, 0.25) is 0 Å². The molecule has 0 aliphatic rings. The van der Waals surface area contributed by atoms with Crippen LogP contribution in [0, 0.1) is 11.8 Å². The van der Waals surface area contributed by atoms with Gasteiger partial charge in [0.25, 0.3) is 0 Å². The van der Waals surface area contributed by atoms with Crippen molar-refractivity contribution in [3.8, 4) is 11.8 Å². The summed E-state index contributed by atoms with van der Waals surface area (Å²) in [5.74, 6) is 6.53. The highest BCUT2D eigenvalue weighted by atomic mass is 35.5. The molecule has 3 aromatic carbocycles. The first kappa shape index (κ1) is 16.1. The van der Waals surface area contributed by atoms with E-state index in [4.69, 9.17) is 11.6 Å². The molecule has 0 aliphatic carbocycles. The fourth-order valence-electron chi connectivity index (χ4n) is 2.40. The second-order valence-corrected chi connectivity index (χ2v) is 5.81. The minimum Gasteiger partial charge on any atom is -0.0854 e. The molecule has 0 spiro atoms. The first-order valence-corrected chi connectivity index (χ1v) is 8.25. The van der Waals surface area contributed by atoms with E-state index in [1.165, 1.54) is 0 Å². The van der Waals surface area contributed by atoms with Crippen molar-refractivity contribution in [3.63, 3.8) is 0 Å². The predicted molar refractivity (Wildman–Crippen MR) is 103 cm³/mol. The van der Waals surface area contributed by atoms with E-state index in [0.29, 0.717) is 5.03 Å². The van der Waals surface area contributed by atoms with Crippen LogP contribution in [0.5, 0.6) is 0 Å². The summed E-state index contributed by atoms with van der Waals surface area (Å²) in [5.41, 5.74) is 3.14. The van der Waals surface area contributed by atoms with Crippen molar-refractivity contribution in [1.29, 1.82) is 0 Å². The molecule has 0 aliphatic heterocycles. The van der Waals surface area contributed by atoms with Gasteiger partial charge >= 0.3 is 0 Å². The largest absolute Gasteiger partial charge is 0.0854 e. The normalized spacial score (nSPS) is 12.1. The third-order valence-electron chi connectivity index (χ3n) is 3.67. The van der Waals surface area contributed by atoms with Gasteiger partial charge in [0.05, 0.1) is 5.92 Å². The molecule has 3 rings (SSSR count). The summed E-state index contributed by atoms with van der Waals surface area (Å²) in [4.78, 5) is 0. The fourth-order valence-corrected chi connectivity index (χ4v) is 2.66. The maximum Gasteiger partial charge on any atom is 0.0653 e. The number of hydrogen-bond donors (Lipinski definition) is 0. The quantitative estimate of drug-likeness (QED) is 0.509. The van der Waals surface area contributed by atoms with Crippen LogP contribution in [-0.2, 0) is 0 Å². The van der Waals surface area contributed by atoms with Gasteiger partial charge in [-0.1, -0.05) is 102 Å². The number of allylic oxidation sites excluding steroid dienone is 1. The molecular weight excluding hydrogens is 312 g/mol. The van der Waals surface area contributed by atoms with Gasteiger partial charge in [0, 0.05) is 10.6 Å². The highest BCUT2D eigenvalue weighted by Gasteiger charge is 2.07. The van der Waals surface area contributed by atoms with Crippen molar-refractivity contribution in [2.24, 2.45) is 0 Å². The molecule has 0 fully saturated rings. The van der Waals surface area contributed by atoms with E-state index in [0.717, 1.165) is 16.7 Å². The summed E-state index contributed by atoms with van der Waals surface area (Å²) in [6.45, 7) is 0. The van der Waals surface area contributed by atoms with E-state index >= 15 is 0 Å². The van der Waals surface area contributed by atoms with Crippen molar-refractivity contribution in [3.05, 3.63) is 114 Å². The molecule has 0 heterocycles. The Morgan fingerprint density at radius 2 is 1.29 bits per heavy atom. The molecule has 1 unspecified atom stereocenters. The Balaban J connectivity index is 1.96. The number of rotatable bonds is 3. The van der Waals surface area contributed by atoms with Crippen LogP contribution >= 0.6 is 11.6 Å². The Kier molecular flexibility index (Phi) is 5.51. The molecule has 0 saturated heterocycles. The summed E-state index contributed by atoms with van der Waals surface area (Å²) in [5, 5.41) is 0.715. The molecule has 24 heavy (non-hydrogen) atoms. The minimum atomic E-state index is -0.0564. The molecule has 0 amide bonds. The second kappa shape index (κ2) is 8.20. The molecule has 0 aromatic heterocycles. The molecule has 0 saturated carbocycles. The first-order chi connectivity index (χ1) is 11.8. The van der Waals surface area contributed by atoms with E-state index in [-0.39, 0.29) is 5.92 Å². The molecule has 0 nitrogen and oxygen atoms in total. The van der Waals surface area contributed by atoms with Crippen LogP contribution in [0.25, 0.3) is 5.03 Å². The van der Waals surface area contributed by atoms with Gasteiger partial charge in [0.15, 0.2) is 0 Å². The average Bonchev–Trinajstić information content (AvgIpc) is 2.67. The van der Waals surface area contributed by atoms with Crippen molar-refractivity contribution in [2.75, 3.05) is 0 Å². The molecule has 0 radical (unpaired) electrons. The van der Waals surface area contributed by atoms with Crippen LogP contribution in [0.4, 0.5) is 0 Å². The van der Waals surface area contributed by atoms with Gasteiger partial charge < -0.3 is 0 Å². The second-order valence-electron chi connectivity index (χ2n) is 5.40. The first-order valence-electron chi connectivity index (χ1n) is 7.87. The van der Waals surface area contributed by atoms with Crippen molar-refractivity contribution < 1.29 is 0 Å². The summed E-state index contributed by atoms with van der Waals surface area (Å²) < 4.78 is 0. The molecule has 3 aromatic rings. The molecule has 1 heteroatoms.